The molecule has 0 fully saturated rings. The van der Waals surface area contributed by atoms with E-state index in [1.165, 1.54) is 0 Å². The minimum Gasteiger partial charge on any atom is -0.331 e. The predicted octanol–water partition coefficient (Wildman–Crippen LogP) is 6.22. The van der Waals surface area contributed by atoms with Gasteiger partial charge in [0.2, 0.25) is 0 Å². The Hall–Kier alpha value is -0.620. The number of aromatic nitrogens is 1. The van der Waals surface area contributed by atoms with Crippen molar-refractivity contribution in [2.75, 3.05) is 5.32 Å². The third-order valence-electron chi connectivity index (χ3n) is 2.52. The van der Waals surface area contributed by atoms with Crippen LogP contribution in [0.15, 0.2) is 45.3 Å². The molecule has 96 valence electrons. The zero-order valence-electron chi connectivity index (χ0n) is 9.45. The maximum Gasteiger partial charge on any atom is 0.188 e. The molecule has 1 heterocycles. The molecule has 0 amide bonds. The summed E-state index contributed by atoms with van der Waals surface area (Å²) in [4.78, 5) is 4.52. The lowest BCUT2D eigenvalue weighted by atomic mass is 10.3. The number of nitrogens with one attached hydrogen (secondary N) is 1. The van der Waals surface area contributed by atoms with Crippen molar-refractivity contribution in [3.8, 4) is 0 Å². The number of nitrogens with zero attached hydrogens (tertiary/aromatic N) is 1. The Kier molecular flexibility index (Phi) is 3.80. The first-order valence-electron chi connectivity index (χ1n) is 5.40. The minimum absolute atomic E-state index is 0.703. The van der Waals surface area contributed by atoms with Crippen molar-refractivity contribution in [1.29, 1.82) is 0 Å². The van der Waals surface area contributed by atoms with Crippen molar-refractivity contribution in [1.82, 2.24) is 4.98 Å². The van der Waals surface area contributed by atoms with Crippen molar-refractivity contribution < 1.29 is 0 Å². The summed E-state index contributed by atoms with van der Waals surface area (Å²) < 4.78 is 3.13. The van der Waals surface area contributed by atoms with Gasteiger partial charge in [-0.05, 0) is 52.3 Å². The summed E-state index contributed by atoms with van der Waals surface area (Å²) in [6.07, 6.45) is 0. The van der Waals surface area contributed by atoms with Crippen molar-refractivity contribution in [3.05, 3.63) is 50.4 Å². The first-order chi connectivity index (χ1) is 9.11. The lowest BCUT2D eigenvalue weighted by Gasteiger charge is -2.05. The van der Waals surface area contributed by atoms with Crippen LogP contribution in [0.25, 0.3) is 10.2 Å². The number of anilines is 2. The number of rotatable bonds is 2. The SMILES string of the molecule is Clc1ccc2sc(Nc3ccc(Br)cc3Br)nc2c1. The van der Waals surface area contributed by atoms with Crippen molar-refractivity contribution in [3.63, 3.8) is 0 Å². The van der Waals surface area contributed by atoms with Crippen LogP contribution in [-0.2, 0) is 0 Å². The standard InChI is InChI=1S/C13H7Br2ClN2S/c14-7-1-3-10(9(15)5-7)17-13-18-11-6-8(16)2-4-12(11)19-13/h1-6H,(H,17,18). The molecule has 0 aliphatic heterocycles. The predicted molar refractivity (Wildman–Crippen MR) is 89.8 cm³/mol. The molecule has 0 unspecified atom stereocenters. The molecule has 0 spiro atoms. The number of halogens is 3. The fourth-order valence-electron chi connectivity index (χ4n) is 1.66. The molecule has 6 heteroatoms. The lowest BCUT2D eigenvalue weighted by molar-refractivity contribution is 1.43. The summed E-state index contributed by atoms with van der Waals surface area (Å²) in [5.74, 6) is 0. The van der Waals surface area contributed by atoms with Gasteiger partial charge in [-0.2, -0.15) is 0 Å². The molecule has 0 bridgehead atoms. The molecule has 19 heavy (non-hydrogen) atoms. The number of fused-ring (bicyclic) bond motifs is 1. The summed E-state index contributed by atoms with van der Waals surface area (Å²) >= 11 is 14.5. The van der Waals surface area contributed by atoms with Gasteiger partial charge in [0.15, 0.2) is 5.13 Å². The smallest absolute Gasteiger partial charge is 0.188 e. The summed E-state index contributed by atoms with van der Waals surface area (Å²) in [7, 11) is 0. The van der Waals surface area contributed by atoms with E-state index in [9.17, 15) is 0 Å². The van der Waals surface area contributed by atoms with E-state index >= 15 is 0 Å². The molecule has 2 nitrogen and oxygen atoms in total. The Morgan fingerprint density at radius 3 is 2.74 bits per heavy atom. The van der Waals surface area contributed by atoms with E-state index in [1.807, 2.05) is 36.4 Å². The summed E-state index contributed by atoms with van der Waals surface area (Å²) in [5.41, 5.74) is 1.89. The first-order valence-corrected chi connectivity index (χ1v) is 8.18. The third-order valence-corrected chi connectivity index (χ3v) is 4.86. The zero-order chi connectivity index (χ0) is 13.4. The van der Waals surface area contributed by atoms with E-state index in [1.54, 1.807) is 11.3 Å². The van der Waals surface area contributed by atoms with Crippen molar-refractivity contribution in [2.24, 2.45) is 0 Å². The summed E-state index contributed by atoms with van der Waals surface area (Å²) in [6, 6.07) is 11.7. The fourth-order valence-corrected chi connectivity index (χ4v) is 3.83. The van der Waals surface area contributed by atoms with Crippen LogP contribution >= 0.6 is 54.8 Å². The number of hydrogen-bond donors (Lipinski definition) is 1. The molecule has 3 rings (SSSR count). The van der Waals surface area contributed by atoms with Gasteiger partial charge in [0, 0.05) is 14.0 Å². The summed E-state index contributed by atoms with van der Waals surface area (Å²) in [5, 5.41) is 4.86. The zero-order valence-corrected chi connectivity index (χ0v) is 14.2. The largest absolute Gasteiger partial charge is 0.331 e. The molecule has 1 aromatic heterocycles. The summed E-state index contributed by atoms with van der Waals surface area (Å²) in [6.45, 7) is 0. The molecule has 1 N–H and O–H groups in total. The number of hydrogen-bond acceptors (Lipinski definition) is 3. The maximum atomic E-state index is 5.96. The molecule has 0 saturated heterocycles. The number of benzene rings is 2. The van der Waals surface area contributed by atoms with Crippen LogP contribution in [0.1, 0.15) is 0 Å². The molecule has 0 aliphatic rings. The van der Waals surface area contributed by atoms with E-state index in [0.29, 0.717) is 5.02 Å². The highest BCUT2D eigenvalue weighted by atomic mass is 79.9. The van der Waals surface area contributed by atoms with E-state index in [-0.39, 0.29) is 0 Å². The van der Waals surface area contributed by atoms with Gasteiger partial charge in [0.25, 0.3) is 0 Å². The highest BCUT2D eigenvalue weighted by Gasteiger charge is 2.06. The second kappa shape index (κ2) is 5.40. The minimum atomic E-state index is 0.703. The van der Waals surface area contributed by atoms with Gasteiger partial charge in [-0.25, -0.2) is 4.98 Å². The van der Waals surface area contributed by atoms with Crippen LogP contribution in [0.4, 0.5) is 10.8 Å². The van der Waals surface area contributed by atoms with E-state index in [0.717, 1.165) is 30.0 Å². The number of thiazole rings is 1. The normalized spacial score (nSPS) is 10.9. The fraction of sp³-hybridized carbons (Fsp3) is 0. The highest BCUT2D eigenvalue weighted by molar-refractivity contribution is 9.11. The average Bonchev–Trinajstić information content (AvgIpc) is 2.74. The van der Waals surface area contributed by atoms with Crippen LogP contribution in [0, 0.1) is 0 Å². The molecule has 3 aromatic rings. The first kappa shape index (κ1) is 13.4. The van der Waals surface area contributed by atoms with Gasteiger partial charge in [-0.3, -0.25) is 0 Å². The van der Waals surface area contributed by atoms with Gasteiger partial charge < -0.3 is 5.32 Å². The third kappa shape index (κ3) is 2.94. The molecule has 0 radical (unpaired) electrons. The van der Waals surface area contributed by atoms with Crippen LogP contribution in [-0.4, -0.2) is 4.98 Å². The average molecular weight is 419 g/mol. The molecular formula is C13H7Br2ClN2S. The van der Waals surface area contributed by atoms with E-state index < -0.39 is 0 Å². The molecule has 2 aromatic carbocycles. The van der Waals surface area contributed by atoms with Gasteiger partial charge >= 0.3 is 0 Å². The van der Waals surface area contributed by atoms with Crippen molar-refractivity contribution in [2.45, 2.75) is 0 Å². The van der Waals surface area contributed by atoms with Crippen LogP contribution in [0.5, 0.6) is 0 Å². The molecule has 0 saturated carbocycles. The van der Waals surface area contributed by atoms with Gasteiger partial charge in [-0.15, -0.1) is 0 Å². The topological polar surface area (TPSA) is 24.9 Å². The van der Waals surface area contributed by atoms with Crippen LogP contribution in [0.2, 0.25) is 5.02 Å². The van der Waals surface area contributed by atoms with Gasteiger partial charge in [0.1, 0.15) is 0 Å². The molecule has 0 atom stereocenters. The van der Waals surface area contributed by atoms with E-state index in [4.69, 9.17) is 11.6 Å². The van der Waals surface area contributed by atoms with Crippen molar-refractivity contribution >= 4 is 75.8 Å². The Labute approximate surface area is 136 Å². The second-order valence-corrected chi connectivity index (χ2v) is 7.12. The Morgan fingerprint density at radius 2 is 1.95 bits per heavy atom. The van der Waals surface area contributed by atoms with Gasteiger partial charge in [-0.1, -0.05) is 38.9 Å². The lowest BCUT2D eigenvalue weighted by Crippen LogP contribution is -1.90. The Bertz CT molecular complexity index is 757. The molecular weight excluding hydrogens is 411 g/mol. The molecule has 0 aliphatic carbocycles. The Balaban J connectivity index is 1.96. The quantitative estimate of drug-likeness (QED) is 0.534. The van der Waals surface area contributed by atoms with Crippen LogP contribution < -0.4 is 5.32 Å². The van der Waals surface area contributed by atoms with Gasteiger partial charge in [0.05, 0.1) is 15.9 Å². The maximum absolute atomic E-state index is 5.96. The second-order valence-electron chi connectivity index (χ2n) is 3.88. The van der Waals surface area contributed by atoms with E-state index in [2.05, 4.69) is 42.2 Å². The monoisotopic (exact) mass is 416 g/mol. The Morgan fingerprint density at radius 1 is 1.11 bits per heavy atom. The highest BCUT2D eigenvalue weighted by Crippen LogP contribution is 2.33. The van der Waals surface area contributed by atoms with Crippen LogP contribution in [0.3, 0.4) is 0 Å².